The summed E-state index contributed by atoms with van der Waals surface area (Å²) in [5, 5.41) is 20.6. The van der Waals surface area contributed by atoms with Gasteiger partial charge in [0.1, 0.15) is 0 Å². The van der Waals surface area contributed by atoms with Gasteiger partial charge in [0.2, 0.25) is 11.7 Å². The molecule has 2 aliphatic heterocycles. The molecule has 0 atom stereocenters. The highest BCUT2D eigenvalue weighted by Gasteiger charge is 2.41. The van der Waals surface area contributed by atoms with Crippen LogP contribution in [0.25, 0.3) is 0 Å². The average molecular weight is 306 g/mol. The number of oxime groups is 1. The molecule has 0 radical (unpaired) electrons. The van der Waals surface area contributed by atoms with Crippen LogP contribution in [0.4, 0.5) is 0 Å². The van der Waals surface area contributed by atoms with Crippen molar-refractivity contribution in [1.29, 1.82) is 5.41 Å². The Kier molecular flexibility index (Phi) is 3.34. The predicted molar refractivity (Wildman–Crippen MR) is 78.0 cm³/mol. The quantitative estimate of drug-likeness (QED) is 0.634. The van der Waals surface area contributed by atoms with Gasteiger partial charge in [-0.3, -0.25) is 25.0 Å². The van der Waals surface area contributed by atoms with E-state index in [0.717, 1.165) is 5.56 Å². The summed E-state index contributed by atoms with van der Waals surface area (Å²) in [4.78, 5) is 19.3. The van der Waals surface area contributed by atoms with Crippen molar-refractivity contribution in [2.75, 3.05) is 13.1 Å². The zero-order valence-corrected chi connectivity index (χ0v) is 11.7. The van der Waals surface area contributed by atoms with Crippen LogP contribution in [0.15, 0.2) is 34.4 Å². The molecule has 1 aromatic carbocycles. The van der Waals surface area contributed by atoms with Crippen molar-refractivity contribution in [1.82, 2.24) is 9.80 Å². The van der Waals surface area contributed by atoms with Crippen LogP contribution in [0.3, 0.4) is 0 Å². The summed E-state index contributed by atoms with van der Waals surface area (Å²) >= 11 is 5.85. The van der Waals surface area contributed by atoms with E-state index in [4.69, 9.17) is 22.2 Å². The van der Waals surface area contributed by atoms with Crippen LogP contribution < -0.4 is 0 Å². The first-order valence-electron chi connectivity index (χ1n) is 6.31. The van der Waals surface area contributed by atoms with Crippen molar-refractivity contribution in [2.24, 2.45) is 10.1 Å². The molecule has 21 heavy (non-hydrogen) atoms. The number of nitrogens with zero attached hydrogens (tertiary/aromatic N) is 4. The van der Waals surface area contributed by atoms with Crippen LogP contribution in [-0.4, -0.2) is 51.5 Å². The lowest BCUT2D eigenvalue weighted by Gasteiger charge is -2.34. The van der Waals surface area contributed by atoms with Crippen molar-refractivity contribution < 1.29 is 10.0 Å². The minimum atomic E-state index is -0.494. The smallest absolute Gasteiger partial charge is 0.286 e. The first-order chi connectivity index (χ1) is 10.1. The molecule has 1 amide bonds. The minimum absolute atomic E-state index is 0.158. The van der Waals surface area contributed by atoms with E-state index in [1.54, 1.807) is 17.0 Å². The van der Waals surface area contributed by atoms with Gasteiger partial charge in [-0.2, -0.15) is 0 Å². The largest absolute Gasteiger partial charge is 0.410 e. The van der Waals surface area contributed by atoms with E-state index < -0.39 is 5.91 Å². The summed E-state index contributed by atoms with van der Waals surface area (Å²) in [5.74, 6) is -0.229. The van der Waals surface area contributed by atoms with Gasteiger partial charge in [-0.25, -0.2) is 0 Å². The number of amides is 1. The number of fused-ring (bicyclic) bond motifs is 1. The molecule has 8 heteroatoms. The molecule has 3 rings (SSSR count). The fourth-order valence-electron chi connectivity index (χ4n) is 2.33. The van der Waals surface area contributed by atoms with Gasteiger partial charge in [-0.1, -0.05) is 28.9 Å². The molecule has 0 unspecified atom stereocenters. The lowest BCUT2D eigenvalue weighted by molar-refractivity contribution is -0.120. The van der Waals surface area contributed by atoms with Gasteiger partial charge in [-0.05, 0) is 17.7 Å². The standard InChI is InChI=1S/C13H12ClN5O2/c14-9-3-1-8(2-4-9)7-19-11(15)10(17-21)12(20)18-6-5-16-13(18)19/h1-4,15,21H,5-7H2. The molecule has 0 bridgehead atoms. The minimum Gasteiger partial charge on any atom is -0.410 e. The number of amidine groups is 1. The van der Waals surface area contributed by atoms with E-state index in [1.807, 2.05) is 12.1 Å². The maximum absolute atomic E-state index is 12.1. The molecule has 0 aromatic heterocycles. The number of hydrogen-bond donors (Lipinski definition) is 2. The Morgan fingerprint density at radius 1 is 1.38 bits per heavy atom. The highest BCUT2D eigenvalue weighted by Crippen LogP contribution is 2.19. The maximum atomic E-state index is 12.1. The second-order valence-electron chi connectivity index (χ2n) is 4.65. The molecule has 0 aliphatic carbocycles. The summed E-state index contributed by atoms with van der Waals surface area (Å²) < 4.78 is 0. The SMILES string of the molecule is N=C1C(=NO)C(=O)N2CCN=C2N1Cc1ccc(Cl)cc1. The monoisotopic (exact) mass is 305 g/mol. The summed E-state index contributed by atoms with van der Waals surface area (Å²) in [6.07, 6.45) is 0. The molecular formula is C13H12ClN5O2. The third-order valence-corrected chi connectivity index (χ3v) is 3.61. The number of benzene rings is 1. The van der Waals surface area contributed by atoms with Crippen molar-refractivity contribution in [3.63, 3.8) is 0 Å². The molecule has 1 aromatic rings. The first-order valence-corrected chi connectivity index (χ1v) is 6.69. The van der Waals surface area contributed by atoms with Gasteiger partial charge < -0.3 is 5.21 Å². The topological polar surface area (TPSA) is 92.3 Å². The Bertz CT molecular complexity index is 668. The van der Waals surface area contributed by atoms with Gasteiger partial charge in [0, 0.05) is 11.6 Å². The molecule has 2 aliphatic rings. The van der Waals surface area contributed by atoms with Crippen LogP contribution in [-0.2, 0) is 11.3 Å². The Labute approximate surface area is 125 Å². The second-order valence-corrected chi connectivity index (χ2v) is 5.08. The number of guanidine groups is 1. The number of hydrogen-bond acceptors (Lipinski definition) is 5. The fourth-order valence-corrected chi connectivity index (χ4v) is 2.45. The van der Waals surface area contributed by atoms with Gasteiger partial charge in [0.05, 0.1) is 13.1 Å². The van der Waals surface area contributed by atoms with Crippen molar-refractivity contribution in [2.45, 2.75) is 6.54 Å². The summed E-state index contributed by atoms with van der Waals surface area (Å²) in [6.45, 7) is 1.25. The van der Waals surface area contributed by atoms with Crippen LogP contribution in [0.5, 0.6) is 0 Å². The normalized spacial score (nSPS) is 20.0. The van der Waals surface area contributed by atoms with Crippen LogP contribution >= 0.6 is 11.6 Å². The molecule has 0 saturated carbocycles. The third kappa shape index (κ3) is 2.25. The molecule has 2 heterocycles. The van der Waals surface area contributed by atoms with Crippen LogP contribution in [0.1, 0.15) is 5.56 Å². The Morgan fingerprint density at radius 2 is 2.10 bits per heavy atom. The first kappa shape index (κ1) is 13.6. The summed E-state index contributed by atoms with van der Waals surface area (Å²) in [6, 6.07) is 7.18. The number of halogens is 1. The highest BCUT2D eigenvalue weighted by molar-refractivity contribution is 6.69. The van der Waals surface area contributed by atoms with Gasteiger partial charge in [-0.15, -0.1) is 0 Å². The molecule has 0 spiro atoms. The number of carbonyl (C=O) groups is 1. The van der Waals surface area contributed by atoms with E-state index >= 15 is 0 Å². The Hall–Kier alpha value is -2.41. The highest BCUT2D eigenvalue weighted by atomic mass is 35.5. The Balaban J connectivity index is 1.94. The number of nitrogens with one attached hydrogen (secondary N) is 1. The number of carbonyl (C=O) groups excluding carboxylic acids is 1. The van der Waals surface area contributed by atoms with Gasteiger partial charge in [0.15, 0.2) is 5.84 Å². The molecule has 2 N–H and O–H groups in total. The molecule has 1 saturated heterocycles. The Morgan fingerprint density at radius 3 is 2.76 bits per heavy atom. The van der Waals surface area contributed by atoms with Crippen molar-refractivity contribution >= 4 is 35.0 Å². The van der Waals surface area contributed by atoms with E-state index in [-0.39, 0.29) is 11.5 Å². The number of rotatable bonds is 2. The molecular weight excluding hydrogens is 294 g/mol. The maximum Gasteiger partial charge on any atom is 0.286 e. The van der Waals surface area contributed by atoms with Crippen LogP contribution in [0.2, 0.25) is 5.02 Å². The van der Waals surface area contributed by atoms with E-state index in [1.165, 1.54) is 4.90 Å². The lowest BCUT2D eigenvalue weighted by Crippen LogP contribution is -2.58. The summed E-state index contributed by atoms with van der Waals surface area (Å²) in [7, 11) is 0. The van der Waals surface area contributed by atoms with Gasteiger partial charge in [0.25, 0.3) is 5.91 Å². The van der Waals surface area contributed by atoms with Crippen molar-refractivity contribution in [3.05, 3.63) is 34.9 Å². The van der Waals surface area contributed by atoms with E-state index in [0.29, 0.717) is 30.6 Å². The third-order valence-electron chi connectivity index (χ3n) is 3.36. The van der Waals surface area contributed by atoms with Gasteiger partial charge >= 0.3 is 0 Å². The molecule has 7 nitrogen and oxygen atoms in total. The summed E-state index contributed by atoms with van der Waals surface area (Å²) in [5.41, 5.74) is 0.634. The predicted octanol–water partition coefficient (Wildman–Crippen LogP) is 1.16. The zero-order valence-electron chi connectivity index (χ0n) is 11.0. The molecule has 1 fully saturated rings. The molecule has 108 valence electrons. The zero-order chi connectivity index (χ0) is 15.0. The van der Waals surface area contributed by atoms with Crippen molar-refractivity contribution in [3.8, 4) is 0 Å². The fraction of sp³-hybridized carbons (Fsp3) is 0.231. The number of aliphatic imine (C=N–C) groups is 1. The van der Waals surface area contributed by atoms with E-state index in [9.17, 15) is 4.79 Å². The van der Waals surface area contributed by atoms with Crippen LogP contribution in [0, 0.1) is 5.41 Å². The second kappa shape index (κ2) is 5.17. The lowest BCUT2D eigenvalue weighted by atomic mass is 10.1. The van der Waals surface area contributed by atoms with E-state index in [2.05, 4.69) is 10.1 Å². The average Bonchev–Trinajstić information content (AvgIpc) is 2.96.